The van der Waals surface area contributed by atoms with Crippen LogP contribution in [0, 0.1) is 10.1 Å². The molecule has 0 bridgehead atoms. The third-order valence-electron chi connectivity index (χ3n) is 2.48. The second kappa shape index (κ2) is 5.01. The Morgan fingerprint density at radius 3 is 2.29 bits per heavy atom. The summed E-state index contributed by atoms with van der Waals surface area (Å²) in [7, 11) is -0.128. The SMILES string of the molecule is C[S+](c1ccccc1)c1cccc([N+](=O)[O-])c1. The summed E-state index contributed by atoms with van der Waals surface area (Å²) in [4.78, 5) is 12.5. The molecule has 2 rings (SSSR count). The number of benzene rings is 2. The third-order valence-corrected chi connectivity index (χ3v) is 4.42. The van der Waals surface area contributed by atoms with Gasteiger partial charge in [0.1, 0.15) is 6.26 Å². The predicted octanol–water partition coefficient (Wildman–Crippen LogP) is 3.26. The van der Waals surface area contributed by atoms with Crippen LogP contribution in [0.15, 0.2) is 64.4 Å². The maximum atomic E-state index is 10.7. The Labute approximate surface area is 103 Å². The van der Waals surface area contributed by atoms with E-state index in [0.717, 1.165) is 4.90 Å². The summed E-state index contributed by atoms with van der Waals surface area (Å²) < 4.78 is 0. The van der Waals surface area contributed by atoms with E-state index in [1.807, 2.05) is 36.4 Å². The minimum Gasteiger partial charge on any atom is -0.258 e. The van der Waals surface area contributed by atoms with Gasteiger partial charge in [-0.15, -0.1) is 0 Å². The number of non-ortho nitro benzene ring substituents is 1. The molecule has 0 saturated heterocycles. The standard InChI is InChI=1S/C13H12NO2S/c1-17(12-7-3-2-4-8-12)13-9-5-6-11(10-13)14(15)16/h2-10H,1H3/q+1. The molecule has 0 aliphatic carbocycles. The molecular formula is C13H12NO2S+. The number of hydrogen-bond acceptors (Lipinski definition) is 2. The Hall–Kier alpha value is -1.81. The van der Waals surface area contributed by atoms with Crippen LogP contribution in [0.2, 0.25) is 0 Å². The van der Waals surface area contributed by atoms with E-state index in [1.165, 1.54) is 11.0 Å². The van der Waals surface area contributed by atoms with Crippen molar-refractivity contribution in [3.8, 4) is 0 Å². The van der Waals surface area contributed by atoms with E-state index in [0.29, 0.717) is 0 Å². The van der Waals surface area contributed by atoms with Crippen molar-refractivity contribution in [3.63, 3.8) is 0 Å². The molecule has 0 saturated carbocycles. The monoisotopic (exact) mass is 246 g/mol. The quantitative estimate of drug-likeness (QED) is 0.474. The summed E-state index contributed by atoms with van der Waals surface area (Å²) in [6.45, 7) is 0. The molecule has 17 heavy (non-hydrogen) atoms. The molecule has 0 radical (unpaired) electrons. The van der Waals surface area contributed by atoms with Crippen molar-refractivity contribution in [1.82, 2.24) is 0 Å². The first-order valence-electron chi connectivity index (χ1n) is 5.14. The average Bonchev–Trinajstić information content (AvgIpc) is 2.39. The Morgan fingerprint density at radius 1 is 1.00 bits per heavy atom. The van der Waals surface area contributed by atoms with Gasteiger partial charge in [-0.1, -0.05) is 24.3 Å². The zero-order valence-electron chi connectivity index (χ0n) is 9.37. The molecule has 2 aromatic rings. The number of rotatable bonds is 3. The molecule has 0 spiro atoms. The van der Waals surface area contributed by atoms with Crippen LogP contribution in [0.25, 0.3) is 0 Å². The van der Waals surface area contributed by atoms with Gasteiger partial charge in [-0.3, -0.25) is 10.1 Å². The first-order chi connectivity index (χ1) is 8.18. The predicted molar refractivity (Wildman–Crippen MR) is 69.4 cm³/mol. The topological polar surface area (TPSA) is 43.1 Å². The summed E-state index contributed by atoms with van der Waals surface area (Å²) in [6, 6.07) is 16.9. The van der Waals surface area contributed by atoms with Crippen molar-refractivity contribution >= 4 is 16.6 Å². The normalized spacial score (nSPS) is 12.1. The van der Waals surface area contributed by atoms with Crippen LogP contribution in [0.5, 0.6) is 0 Å². The first kappa shape index (κ1) is 11.7. The summed E-state index contributed by atoms with van der Waals surface area (Å²) >= 11 is 0. The van der Waals surface area contributed by atoms with Crippen LogP contribution in [0.3, 0.4) is 0 Å². The van der Waals surface area contributed by atoms with Gasteiger partial charge in [-0.2, -0.15) is 0 Å². The maximum absolute atomic E-state index is 10.7. The van der Waals surface area contributed by atoms with Gasteiger partial charge in [-0.05, 0) is 18.2 Å². The van der Waals surface area contributed by atoms with Crippen molar-refractivity contribution in [2.45, 2.75) is 9.79 Å². The van der Waals surface area contributed by atoms with Gasteiger partial charge in [-0.25, -0.2) is 0 Å². The molecule has 0 aliphatic heterocycles. The highest BCUT2D eigenvalue weighted by Crippen LogP contribution is 2.24. The van der Waals surface area contributed by atoms with Crippen molar-refractivity contribution in [3.05, 3.63) is 64.7 Å². The molecule has 0 heterocycles. The van der Waals surface area contributed by atoms with E-state index < -0.39 is 0 Å². The van der Waals surface area contributed by atoms with E-state index in [2.05, 4.69) is 6.26 Å². The zero-order chi connectivity index (χ0) is 12.3. The van der Waals surface area contributed by atoms with E-state index in [1.54, 1.807) is 12.1 Å². The molecule has 0 aliphatic rings. The van der Waals surface area contributed by atoms with Crippen molar-refractivity contribution < 1.29 is 4.92 Å². The van der Waals surface area contributed by atoms with Gasteiger partial charge in [0, 0.05) is 6.07 Å². The minimum absolute atomic E-state index is 0.128. The Bertz CT molecular complexity index is 528. The molecule has 0 aromatic heterocycles. The summed E-state index contributed by atoms with van der Waals surface area (Å²) in [5.41, 5.74) is 0.151. The lowest BCUT2D eigenvalue weighted by molar-refractivity contribution is -0.385. The van der Waals surface area contributed by atoms with E-state index in [-0.39, 0.29) is 21.5 Å². The van der Waals surface area contributed by atoms with Crippen LogP contribution in [0.1, 0.15) is 0 Å². The molecular weight excluding hydrogens is 234 g/mol. The van der Waals surface area contributed by atoms with Gasteiger partial charge >= 0.3 is 0 Å². The van der Waals surface area contributed by atoms with E-state index in [4.69, 9.17) is 0 Å². The number of hydrogen-bond donors (Lipinski definition) is 0. The summed E-state index contributed by atoms with van der Waals surface area (Å²) in [5.74, 6) is 0. The van der Waals surface area contributed by atoms with Crippen molar-refractivity contribution in [2.24, 2.45) is 0 Å². The highest BCUT2D eigenvalue weighted by molar-refractivity contribution is 7.96. The van der Waals surface area contributed by atoms with Gasteiger partial charge in [0.25, 0.3) is 5.69 Å². The molecule has 0 fully saturated rings. The van der Waals surface area contributed by atoms with Crippen LogP contribution < -0.4 is 0 Å². The minimum atomic E-state index is -0.355. The lowest BCUT2D eigenvalue weighted by atomic mass is 10.3. The fraction of sp³-hybridized carbons (Fsp3) is 0.0769. The molecule has 0 amide bonds. The van der Waals surface area contributed by atoms with E-state index in [9.17, 15) is 10.1 Å². The highest BCUT2D eigenvalue weighted by atomic mass is 32.2. The number of nitro benzene ring substituents is 1. The molecule has 2 aromatic carbocycles. The fourth-order valence-corrected chi connectivity index (χ4v) is 2.97. The van der Waals surface area contributed by atoms with Gasteiger partial charge < -0.3 is 0 Å². The second-order valence-electron chi connectivity index (χ2n) is 3.58. The smallest absolute Gasteiger partial charge is 0.258 e. The number of nitrogens with zero attached hydrogens (tertiary/aromatic N) is 1. The maximum Gasteiger partial charge on any atom is 0.274 e. The number of nitro groups is 1. The summed E-state index contributed by atoms with van der Waals surface area (Å²) in [6.07, 6.45) is 2.08. The molecule has 0 N–H and O–H groups in total. The Balaban J connectivity index is 2.34. The molecule has 4 heteroatoms. The lowest BCUT2D eigenvalue weighted by Gasteiger charge is -2.01. The molecule has 1 unspecified atom stereocenters. The highest BCUT2D eigenvalue weighted by Gasteiger charge is 2.21. The third kappa shape index (κ3) is 2.65. The largest absolute Gasteiger partial charge is 0.274 e. The van der Waals surface area contributed by atoms with Gasteiger partial charge in [0.15, 0.2) is 9.79 Å². The molecule has 1 atom stereocenters. The lowest BCUT2D eigenvalue weighted by Crippen LogP contribution is -2.01. The Kier molecular flexibility index (Phi) is 3.44. The molecule has 3 nitrogen and oxygen atoms in total. The van der Waals surface area contributed by atoms with E-state index >= 15 is 0 Å². The van der Waals surface area contributed by atoms with Gasteiger partial charge in [0.05, 0.1) is 21.9 Å². The zero-order valence-corrected chi connectivity index (χ0v) is 10.2. The average molecular weight is 246 g/mol. The molecule has 86 valence electrons. The second-order valence-corrected chi connectivity index (χ2v) is 5.54. The first-order valence-corrected chi connectivity index (χ1v) is 6.77. The summed E-state index contributed by atoms with van der Waals surface area (Å²) in [5, 5.41) is 10.7. The van der Waals surface area contributed by atoms with Crippen LogP contribution in [0.4, 0.5) is 5.69 Å². The van der Waals surface area contributed by atoms with Crippen LogP contribution >= 0.6 is 0 Å². The van der Waals surface area contributed by atoms with Crippen LogP contribution in [-0.2, 0) is 10.9 Å². The van der Waals surface area contributed by atoms with Crippen LogP contribution in [-0.4, -0.2) is 11.2 Å². The van der Waals surface area contributed by atoms with Crippen molar-refractivity contribution in [2.75, 3.05) is 6.26 Å². The Morgan fingerprint density at radius 2 is 1.65 bits per heavy atom. The van der Waals surface area contributed by atoms with Gasteiger partial charge in [0.2, 0.25) is 0 Å². The van der Waals surface area contributed by atoms with Crippen molar-refractivity contribution in [1.29, 1.82) is 0 Å². The fourth-order valence-electron chi connectivity index (χ4n) is 1.55.